The number of nitrogens with zero attached hydrogens (tertiary/aromatic N) is 3. The molecule has 19 heavy (non-hydrogen) atoms. The molecular formula is C10H17N5O4. The number of hydrogen-bond acceptors (Lipinski definition) is 8. The van der Waals surface area contributed by atoms with Crippen molar-refractivity contribution in [2.24, 2.45) is 0 Å². The molecule has 0 aromatic carbocycles. The van der Waals surface area contributed by atoms with Gasteiger partial charge in [0.05, 0.1) is 11.5 Å². The Labute approximate surface area is 109 Å². The molecule has 9 nitrogen and oxygen atoms in total. The van der Waals surface area contributed by atoms with Gasteiger partial charge in [-0.15, -0.1) is 0 Å². The van der Waals surface area contributed by atoms with Crippen molar-refractivity contribution in [2.45, 2.75) is 19.4 Å². The zero-order valence-electron chi connectivity index (χ0n) is 10.8. The summed E-state index contributed by atoms with van der Waals surface area (Å²) in [6, 6.07) is 0. The standard InChI is InChI=1S/C10H17N5O4/c1-3-11-9-12-4-7(15(18)19)8(14-9)13-5-10(2,17)6-16/h4,16-17H,3,5-6H2,1-2H3,(H2,11,12,13,14). The van der Waals surface area contributed by atoms with Gasteiger partial charge in [0.15, 0.2) is 0 Å². The number of anilines is 2. The molecule has 1 unspecified atom stereocenters. The molecule has 1 atom stereocenters. The second-order valence-corrected chi connectivity index (χ2v) is 4.22. The van der Waals surface area contributed by atoms with E-state index in [1.54, 1.807) is 0 Å². The van der Waals surface area contributed by atoms with Crippen molar-refractivity contribution in [1.29, 1.82) is 0 Å². The van der Waals surface area contributed by atoms with Crippen molar-refractivity contribution >= 4 is 17.5 Å². The van der Waals surface area contributed by atoms with Gasteiger partial charge in [-0.3, -0.25) is 10.1 Å². The summed E-state index contributed by atoms with van der Waals surface area (Å²) in [5.74, 6) is 0.240. The number of nitro groups is 1. The van der Waals surface area contributed by atoms with E-state index in [1.165, 1.54) is 6.92 Å². The van der Waals surface area contributed by atoms with Crippen LogP contribution in [0.2, 0.25) is 0 Å². The van der Waals surface area contributed by atoms with E-state index in [0.29, 0.717) is 6.54 Å². The fourth-order valence-corrected chi connectivity index (χ4v) is 1.21. The largest absolute Gasteiger partial charge is 0.393 e. The smallest absolute Gasteiger partial charge is 0.329 e. The van der Waals surface area contributed by atoms with Crippen molar-refractivity contribution in [3.63, 3.8) is 0 Å². The molecule has 0 saturated carbocycles. The molecule has 0 aliphatic carbocycles. The lowest BCUT2D eigenvalue weighted by Crippen LogP contribution is -2.37. The molecule has 0 spiro atoms. The van der Waals surface area contributed by atoms with E-state index in [9.17, 15) is 15.2 Å². The van der Waals surface area contributed by atoms with Crippen LogP contribution in [-0.4, -0.2) is 50.4 Å². The van der Waals surface area contributed by atoms with Gasteiger partial charge in [0.1, 0.15) is 11.8 Å². The monoisotopic (exact) mass is 271 g/mol. The van der Waals surface area contributed by atoms with Crippen molar-refractivity contribution in [3.05, 3.63) is 16.3 Å². The average molecular weight is 271 g/mol. The molecule has 0 radical (unpaired) electrons. The molecule has 0 saturated heterocycles. The van der Waals surface area contributed by atoms with Gasteiger partial charge in [0.25, 0.3) is 0 Å². The van der Waals surface area contributed by atoms with E-state index in [0.717, 1.165) is 6.20 Å². The third kappa shape index (κ3) is 4.30. The fourth-order valence-electron chi connectivity index (χ4n) is 1.21. The number of nitrogens with one attached hydrogen (secondary N) is 2. The van der Waals surface area contributed by atoms with E-state index >= 15 is 0 Å². The third-order valence-electron chi connectivity index (χ3n) is 2.28. The van der Waals surface area contributed by atoms with Crippen LogP contribution >= 0.6 is 0 Å². The number of rotatable bonds is 7. The third-order valence-corrected chi connectivity index (χ3v) is 2.28. The maximum Gasteiger partial charge on any atom is 0.329 e. The van der Waals surface area contributed by atoms with Crippen LogP contribution < -0.4 is 10.6 Å². The molecule has 0 bridgehead atoms. The summed E-state index contributed by atoms with van der Waals surface area (Å²) >= 11 is 0. The Morgan fingerprint density at radius 2 is 2.21 bits per heavy atom. The zero-order chi connectivity index (χ0) is 14.5. The predicted octanol–water partition coefficient (Wildman–Crippen LogP) is -0.0282. The lowest BCUT2D eigenvalue weighted by atomic mass is 10.1. The van der Waals surface area contributed by atoms with Gasteiger partial charge in [0, 0.05) is 13.1 Å². The van der Waals surface area contributed by atoms with Gasteiger partial charge in [-0.2, -0.15) is 4.98 Å². The van der Waals surface area contributed by atoms with Crippen LogP contribution in [0.25, 0.3) is 0 Å². The lowest BCUT2D eigenvalue weighted by Gasteiger charge is -2.20. The minimum Gasteiger partial charge on any atom is -0.393 e. The van der Waals surface area contributed by atoms with E-state index in [4.69, 9.17) is 5.11 Å². The molecular weight excluding hydrogens is 254 g/mol. The van der Waals surface area contributed by atoms with Gasteiger partial charge < -0.3 is 20.8 Å². The van der Waals surface area contributed by atoms with E-state index in [1.807, 2.05) is 6.92 Å². The van der Waals surface area contributed by atoms with Crippen LogP contribution in [0.4, 0.5) is 17.5 Å². The predicted molar refractivity (Wildman–Crippen MR) is 69.0 cm³/mol. The molecule has 1 aromatic rings. The second kappa shape index (κ2) is 6.25. The van der Waals surface area contributed by atoms with Crippen LogP contribution in [0, 0.1) is 10.1 Å². The van der Waals surface area contributed by atoms with Crippen LogP contribution in [0.15, 0.2) is 6.20 Å². The summed E-state index contributed by atoms with van der Waals surface area (Å²) in [4.78, 5) is 18.0. The Hall–Kier alpha value is -2.00. The van der Waals surface area contributed by atoms with Crippen LogP contribution in [0.3, 0.4) is 0 Å². The molecule has 0 fully saturated rings. The Kier molecular flexibility index (Phi) is 4.95. The quantitative estimate of drug-likeness (QED) is 0.401. The SMILES string of the molecule is CCNc1ncc([N+](=O)[O-])c(NCC(C)(O)CO)n1. The Balaban J connectivity index is 2.94. The zero-order valence-corrected chi connectivity index (χ0v) is 10.8. The summed E-state index contributed by atoms with van der Waals surface area (Å²) < 4.78 is 0. The molecule has 4 N–H and O–H groups in total. The summed E-state index contributed by atoms with van der Waals surface area (Å²) in [5.41, 5.74) is -1.69. The summed E-state index contributed by atoms with van der Waals surface area (Å²) in [6.07, 6.45) is 1.08. The first-order valence-corrected chi connectivity index (χ1v) is 5.72. The molecule has 1 rings (SSSR count). The van der Waals surface area contributed by atoms with E-state index in [2.05, 4.69) is 20.6 Å². The van der Waals surface area contributed by atoms with Crippen molar-refractivity contribution < 1.29 is 15.1 Å². The number of aromatic nitrogens is 2. The first-order chi connectivity index (χ1) is 8.89. The van der Waals surface area contributed by atoms with Gasteiger partial charge in [0.2, 0.25) is 11.8 Å². The van der Waals surface area contributed by atoms with Crippen LogP contribution in [0.1, 0.15) is 13.8 Å². The molecule has 9 heteroatoms. The maximum absolute atomic E-state index is 10.8. The van der Waals surface area contributed by atoms with Gasteiger partial charge in [-0.25, -0.2) is 4.98 Å². The Bertz CT molecular complexity index is 452. The van der Waals surface area contributed by atoms with Gasteiger partial charge in [-0.05, 0) is 13.8 Å². The van der Waals surface area contributed by atoms with Crippen LogP contribution in [0.5, 0.6) is 0 Å². The van der Waals surface area contributed by atoms with Gasteiger partial charge >= 0.3 is 5.69 Å². The Morgan fingerprint density at radius 3 is 2.74 bits per heavy atom. The lowest BCUT2D eigenvalue weighted by molar-refractivity contribution is -0.384. The summed E-state index contributed by atoms with van der Waals surface area (Å²) in [5, 5.41) is 34.9. The van der Waals surface area contributed by atoms with E-state index < -0.39 is 17.1 Å². The van der Waals surface area contributed by atoms with Crippen molar-refractivity contribution in [2.75, 3.05) is 30.3 Å². The fraction of sp³-hybridized carbons (Fsp3) is 0.600. The topological polar surface area (TPSA) is 133 Å². The summed E-state index contributed by atoms with van der Waals surface area (Å²) in [7, 11) is 0. The molecule has 0 aliphatic heterocycles. The normalized spacial score (nSPS) is 13.7. The minimum absolute atomic E-state index is 0.00956. The highest BCUT2D eigenvalue weighted by Gasteiger charge is 2.23. The summed E-state index contributed by atoms with van der Waals surface area (Å²) in [6.45, 7) is 3.27. The van der Waals surface area contributed by atoms with Crippen molar-refractivity contribution in [1.82, 2.24) is 9.97 Å². The highest BCUT2D eigenvalue weighted by Crippen LogP contribution is 2.22. The molecule has 1 heterocycles. The number of aliphatic hydroxyl groups is 2. The van der Waals surface area contributed by atoms with E-state index in [-0.39, 0.29) is 24.0 Å². The maximum atomic E-state index is 10.8. The molecule has 106 valence electrons. The van der Waals surface area contributed by atoms with Crippen LogP contribution in [-0.2, 0) is 0 Å². The van der Waals surface area contributed by atoms with Crippen molar-refractivity contribution in [3.8, 4) is 0 Å². The first kappa shape index (κ1) is 15.1. The number of hydrogen-bond donors (Lipinski definition) is 4. The van der Waals surface area contributed by atoms with Gasteiger partial charge in [-0.1, -0.05) is 0 Å². The molecule has 0 aliphatic rings. The molecule has 1 aromatic heterocycles. The minimum atomic E-state index is -1.39. The molecule has 0 amide bonds. The number of aliphatic hydroxyl groups excluding tert-OH is 1. The highest BCUT2D eigenvalue weighted by atomic mass is 16.6. The Morgan fingerprint density at radius 1 is 1.53 bits per heavy atom. The first-order valence-electron chi connectivity index (χ1n) is 5.72. The average Bonchev–Trinajstić information content (AvgIpc) is 2.37. The second-order valence-electron chi connectivity index (χ2n) is 4.22. The highest BCUT2D eigenvalue weighted by molar-refractivity contribution is 5.57.